The van der Waals surface area contributed by atoms with Crippen molar-refractivity contribution in [1.29, 1.82) is 0 Å². The third-order valence-corrected chi connectivity index (χ3v) is 13.8. The van der Waals surface area contributed by atoms with Crippen molar-refractivity contribution in [3.63, 3.8) is 0 Å². The molecule has 0 heterocycles. The third-order valence-electron chi connectivity index (χ3n) is 13.8. The maximum atomic E-state index is 12.9. The fourth-order valence-electron chi connectivity index (χ4n) is 9.02. The van der Waals surface area contributed by atoms with E-state index in [0.717, 1.165) is 69.6 Å². The molecule has 2 atom stereocenters. The molecule has 0 saturated carbocycles. The summed E-state index contributed by atoms with van der Waals surface area (Å²) in [6.07, 6.45) is 55.2. The summed E-state index contributed by atoms with van der Waals surface area (Å²) in [5.74, 6) is 0.888. The van der Waals surface area contributed by atoms with Gasteiger partial charge in [-0.2, -0.15) is 0 Å². The highest BCUT2D eigenvalue weighted by Gasteiger charge is 2.19. The molecule has 386 valence electrons. The van der Waals surface area contributed by atoms with E-state index < -0.39 is 6.10 Å². The first-order valence-corrected chi connectivity index (χ1v) is 29.3. The number of unbranched alkanes of at least 4 members (excludes halogenated alkanes) is 37. The van der Waals surface area contributed by atoms with Gasteiger partial charge in [0.05, 0.1) is 0 Å². The molecule has 0 radical (unpaired) electrons. The van der Waals surface area contributed by atoms with Gasteiger partial charge in [-0.25, -0.2) is 0 Å². The Morgan fingerprint density at radius 1 is 0.323 bits per heavy atom. The van der Waals surface area contributed by atoms with E-state index in [0.29, 0.717) is 19.3 Å². The second-order valence-electron chi connectivity index (χ2n) is 21.0. The van der Waals surface area contributed by atoms with E-state index in [9.17, 15) is 14.4 Å². The van der Waals surface area contributed by atoms with Gasteiger partial charge < -0.3 is 14.2 Å². The summed E-state index contributed by atoms with van der Waals surface area (Å²) in [5.41, 5.74) is 0. The molecule has 0 aromatic carbocycles. The number of esters is 3. The van der Waals surface area contributed by atoms with Crippen LogP contribution in [0.25, 0.3) is 0 Å². The van der Waals surface area contributed by atoms with E-state index in [4.69, 9.17) is 14.2 Å². The van der Waals surface area contributed by atoms with Crippen LogP contribution in [-0.2, 0) is 28.6 Å². The molecule has 0 aromatic heterocycles. The van der Waals surface area contributed by atoms with Crippen LogP contribution < -0.4 is 0 Å². The summed E-state index contributed by atoms with van der Waals surface area (Å²) in [6, 6.07) is 0. The molecule has 1 unspecified atom stereocenters. The molecule has 0 fully saturated rings. The van der Waals surface area contributed by atoms with E-state index in [-0.39, 0.29) is 31.1 Å². The van der Waals surface area contributed by atoms with Gasteiger partial charge in [0, 0.05) is 19.3 Å². The molecule has 0 amide bonds. The van der Waals surface area contributed by atoms with Crippen LogP contribution in [0.5, 0.6) is 0 Å². The van der Waals surface area contributed by atoms with Crippen LogP contribution in [0.3, 0.4) is 0 Å². The lowest BCUT2D eigenvalue weighted by Crippen LogP contribution is -2.30. The van der Waals surface area contributed by atoms with Crippen LogP contribution in [0.2, 0.25) is 0 Å². The zero-order chi connectivity index (χ0) is 47.5. The van der Waals surface area contributed by atoms with E-state index in [2.05, 4.69) is 34.6 Å². The molecule has 0 aromatic rings. The predicted octanol–water partition coefficient (Wildman–Crippen LogP) is 19.3. The van der Waals surface area contributed by atoms with Crippen LogP contribution >= 0.6 is 0 Å². The summed E-state index contributed by atoms with van der Waals surface area (Å²) >= 11 is 0. The van der Waals surface area contributed by atoms with Gasteiger partial charge in [-0.1, -0.05) is 291 Å². The Balaban J connectivity index is 4.25. The highest BCUT2D eigenvalue weighted by molar-refractivity contribution is 5.71. The molecule has 6 nitrogen and oxygen atoms in total. The Bertz CT molecular complexity index is 995. The summed E-state index contributed by atoms with van der Waals surface area (Å²) in [4.78, 5) is 38.1. The molecular formula is C59H114O6. The number of carbonyl (C=O) groups is 3. The number of hydrogen-bond donors (Lipinski definition) is 0. The maximum Gasteiger partial charge on any atom is 0.306 e. The molecule has 65 heavy (non-hydrogen) atoms. The second kappa shape index (κ2) is 51.8. The molecule has 0 aliphatic carbocycles. The average molecular weight is 920 g/mol. The standard InChI is InChI=1S/C59H114O6/c1-6-8-9-10-11-12-13-23-29-34-39-44-49-57(60)63-52-56(53-64-58(61)50-45-40-35-30-26-25-28-33-38-43-48-55(5)7-2)65-59(62)51-46-41-36-31-24-21-19-17-15-14-16-18-20-22-27-32-37-42-47-54(3)4/h54-56H,6-53H2,1-5H3/t55?,56-/m1/s1. The quantitative estimate of drug-likeness (QED) is 0.0344. The lowest BCUT2D eigenvalue weighted by Gasteiger charge is -2.18. The first-order valence-electron chi connectivity index (χ1n) is 29.3. The van der Waals surface area contributed by atoms with E-state index in [1.54, 1.807) is 0 Å². The minimum atomic E-state index is -0.762. The van der Waals surface area contributed by atoms with E-state index >= 15 is 0 Å². The van der Waals surface area contributed by atoms with Crippen molar-refractivity contribution in [2.45, 2.75) is 336 Å². The summed E-state index contributed by atoms with van der Waals surface area (Å²) < 4.78 is 16.9. The van der Waals surface area contributed by atoms with Crippen molar-refractivity contribution in [2.75, 3.05) is 13.2 Å². The molecule has 0 N–H and O–H groups in total. The average Bonchev–Trinajstić information content (AvgIpc) is 3.29. The van der Waals surface area contributed by atoms with E-state index in [1.807, 2.05) is 0 Å². The molecule has 0 aliphatic rings. The van der Waals surface area contributed by atoms with Gasteiger partial charge in [-0.05, 0) is 31.1 Å². The highest BCUT2D eigenvalue weighted by Crippen LogP contribution is 2.19. The fourth-order valence-corrected chi connectivity index (χ4v) is 9.02. The van der Waals surface area contributed by atoms with Crippen molar-refractivity contribution < 1.29 is 28.6 Å². The zero-order valence-corrected chi connectivity index (χ0v) is 44.6. The molecule has 6 heteroatoms. The SMILES string of the molecule is CCCCCCCCCCCCCCC(=O)OC[C@H](COC(=O)CCCCCCCCCCCCC(C)CC)OC(=O)CCCCCCCCCCCCCCCCCCCCC(C)C. The van der Waals surface area contributed by atoms with Crippen LogP contribution in [-0.4, -0.2) is 37.2 Å². The normalized spacial score (nSPS) is 12.5. The van der Waals surface area contributed by atoms with Gasteiger partial charge in [0.25, 0.3) is 0 Å². The largest absolute Gasteiger partial charge is 0.462 e. The van der Waals surface area contributed by atoms with Crippen LogP contribution in [0.15, 0.2) is 0 Å². The van der Waals surface area contributed by atoms with Gasteiger partial charge >= 0.3 is 17.9 Å². The Morgan fingerprint density at radius 2 is 0.585 bits per heavy atom. The van der Waals surface area contributed by atoms with Crippen molar-refractivity contribution in [2.24, 2.45) is 11.8 Å². The molecular weight excluding hydrogens is 805 g/mol. The van der Waals surface area contributed by atoms with Gasteiger partial charge in [0.15, 0.2) is 6.10 Å². The number of carbonyl (C=O) groups excluding carboxylic acids is 3. The molecule has 0 spiro atoms. The first kappa shape index (κ1) is 63.4. The minimum Gasteiger partial charge on any atom is -0.462 e. The molecule has 0 aliphatic heterocycles. The summed E-state index contributed by atoms with van der Waals surface area (Å²) in [5, 5.41) is 0. The number of ether oxygens (including phenoxy) is 3. The predicted molar refractivity (Wildman–Crippen MR) is 280 cm³/mol. The van der Waals surface area contributed by atoms with Gasteiger partial charge in [0.2, 0.25) is 0 Å². The smallest absolute Gasteiger partial charge is 0.306 e. The Hall–Kier alpha value is -1.59. The highest BCUT2D eigenvalue weighted by atomic mass is 16.6. The lowest BCUT2D eigenvalue weighted by molar-refractivity contribution is -0.167. The van der Waals surface area contributed by atoms with Crippen molar-refractivity contribution in [1.82, 2.24) is 0 Å². The minimum absolute atomic E-state index is 0.0627. The summed E-state index contributed by atoms with van der Waals surface area (Å²) in [7, 11) is 0. The number of rotatable bonds is 53. The van der Waals surface area contributed by atoms with Crippen LogP contribution in [0.1, 0.15) is 330 Å². The third kappa shape index (κ3) is 51.6. The van der Waals surface area contributed by atoms with Crippen LogP contribution in [0, 0.1) is 11.8 Å². The monoisotopic (exact) mass is 919 g/mol. The number of hydrogen-bond acceptors (Lipinski definition) is 6. The zero-order valence-electron chi connectivity index (χ0n) is 44.6. The molecule has 0 saturated heterocycles. The van der Waals surface area contributed by atoms with Crippen molar-refractivity contribution in [3.8, 4) is 0 Å². The second-order valence-corrected chi connectivity index (χ2v) is 21.0. The van der Waals surface area contributed by atoms with Crippen molar-refractivity contribution >= 4 is 17.9 Å². The lowest BCUT2D eigenvalue weighted by atomic mass is 9.99. The van der Waals surface area contributed by atoms with Crippen LogP contribution in [0.4, 0.5) is 0 Å². The Kier molecular flexibility index (Phi) is 50.5. The van der Waals surface area contributed by atoms with Gasteiger partial charge in [-0.3, -0.25) is 14.4 Å². The maximum absolute atomic E-state index is 12.9. The van der Waals surface area contributed by atoms with Gasteiger partial charge in [-0.15, -0.1) is 0 Å². The molecule has 0 bridgehead atoms. The van der Waals surface area contributed by atoms with Gasteiger partial charge in [0.1, 0.15) is 13.2 Å². The topological polar surface area (TPSA) is 78.9 Å². The Labute approximate surface area is 406 Å². The Morgan fingerprint density at radius 3 is 0.877 bits per heavy atom. The van der Waals surface area contributed by atoms with Crippen molar-refractivity contribution in [3.05, 3.63) is 0 Å². The summed E-state index contributed by atoms with van der Waals surface area (Å²) in [6.45, 7) is 11.4. The fraction of sp³-hybridized carbons (Fsp3) is 0.949. The first-order chi connectivity index (χ1) is 31.8. The van der Waals surface area contributed by atoms with E-state index in [1.165, 1.54) is 218 Å². The molecule has 0 rings (SSSR count).